The van der Waals surface area contributed by atoms with Crippen LogP contribution < -0.4 is 10.2 Å². The van der Waals surface area contributed by atoms with Crippen molar-refractivity contribution < 1.29 is 28.2 Å². The molecule has 0 aromatic heterocycles. The number of hydrogen-bond acceptors (Lipinski definition) is 4. The molecule has 1 atom stereocenters. The van der Waals surface area contributed by atoms with Crippen LogP contribution in [0.15, 0.2) is 30.3 Å². The zero-order valence-electron chi connectivity index (χ0n) is 17.0. The van der Waals surface area contributed by atoms with Crippen LogP contribution >= 0.6 is 0 Å². The molecule has 1 saturated heterocycles. The number of nitrogens with zero attached hydrogens (tertiary/aromatic N) is 1. The van der Waals surface area contributed by atoms with Crippen LogP contribution in [0.25, 0.3) is 0 Å². The summed E-state index contributed by atoms with van der Waals surface area (Å²) in [5.74, 6) is -4.38. The largest absolute Gasteiger partial charge is 0.480 e. The maximum absolute atomic E-state index is 14.7. The molecule has 1 fully saturated rings. The molecule has 8 heteroatoms. The number of morpholine rings is 1. The molecule has 0 spiro atoms. The number of fused-ring (bicyclic) bond motifs is 1. The van der Waals surface area contributed by atoms with Gasteiger partial charge in [-0.15, -0.1) is 0 Å². The summed E-state index contributed by atoms with van der Waals surface area (Å²) < 4.78 is 34.6. The van der Waals surface area contributed by atoms with Crippen LogP contribution in [0.2, 0.25) is 0 Å². The SMILES string of the molecule is O=C(NC(Cc1cccc2c1CCC2)C(=O)O)c1c(F)cc(N2CCOCC2)cc1F. The first-order chi connectivity index (χ1) is 14.9. The van der Waals surface area contributed by atoms with Crippen molar-refractivity contribution in [3.8, 4) is 0 Å². The quantitative estimate of drug-likeness (QED) is 0.737. The number of carboxylic acid groups (broad SMARTS) is 1. The van der Waals surface area contributed by atoms with E-state index in [1.807, 2.05) is 18.2 Å². The maximum Gasteiger partial charge on any atom is 0.326 e. The third kappa shape index (κ3) is 4.54. The van der Waals surface area contributed by atoms with E-state index >= 15 is 0 Å². The first kappa shape index (κ1) is 21.2. The highest BCUT2D eigenvalue weighted by Gasteiger charge is 2.27. The lowest BCUT2D eigenvalue weighted by Gasteiger charge is -2.29. The van der Waals surface area contributed by atoms with Gasteiger partial charge in [-0.3, -0.25) is 4.79 Å². The van der Waals surface area contributed by atoms with E-state index in [4.69, 9.17) is 4.74 Å². The highest BCUT2D eigenvalue weighted by molar-refractivity contribution is 5.97. The number of benzene rings is 2. The van der Waals surface area contributed by atoms with Crippen LogP contribution in [-0.2, 0) is 28.8 Å². The molecule has 0 radical (unpaired) electrons. The van der Waals surface area contributed by atoms with Gasteiger partial charge in [0.15, 0.2) is 0 Å². The highest BCUT2D eigenvalue weighted by atomic mass is 19.1. The molecule has 1 aliphatic carbocycles. The van der Waals surface area contributed by atoms with Gasteiger partial charge in [0.1, 0.15) is 23.2 Å². The molecule has 4 rings (SSSR count). The molecule has 2 N–H and O–H groups in total. The molecule has 31 heavy (non-hydrogen) atoms. The Morgan fingerprint density at radius 1 is 1.13 bits per heavy atom. The minimum atomic E-state index is -1.29. The molecule has 0 saturated carbocycles. The fraction of sp³-hybridized carbons (Fsp3) is 0.391. The number of ether oxygens (including phenoxy) is 1. The van der Waals surface area contributed by atoms with Crippen LogP contribution in [0.3, 0.4) is 0 Å². The second kappa shape index (κ2) is 9.01. The molecule has 6 nitrogen and oxygen atoms in total. The average Bonchev–Trinajstić information content (AvgIpc) is 3.23. The number of aliphatic carboxylic acids is 1. The summed E-state index contributed by atoms with van der Waals surface area (Å²) in [4.78, 5) is 26.2. The van der Waals surface area contributed by atoms with E-state index in [-0.39, 0.29) is 6.42 Å². The second-order valence-electron chi connectivity index (χ2n) is 7.86. The van der Waals surface area contributed by atoms with Crippen molar-refractivity contribution in [2.45, 2.75) is 31.7 Å². The van der Waals surface area contributed by atoms with Gasteiger partial charge in [0.05, 0.1) is 13.2 Å². The Morgan fingerprint density at radius 3 is 2.52 bits per heavy atom. The summed E-state index contributed by atoms with van der Waals surface area (Å²) in [6, 6.07) is 6.62. The summed E-state index contributed by atoms with van der Waals surface area (Å²) in [5, 5.41) is 11.9. The van der Waals surface area contributed by atoms with E-state index in [1.54, 1.807) is 4.90 Å². The van der Waals surface area contributed by atoms with Gasteiger partial charge in [0.25, 0.3) is 5.91 Å². The lowest BCUT2D eigenvalue weighted by molar-refractivity contribution is -0.139. The van der Waals surface area contributed by atoms with Gasteiger partial charge in [-0.05, 0) is 48.1 Å². The molecule has 1 amide bonds. The molecule has 2 aromatic rings. The Labute approximate surface area is 178 Å². The van der Waals surface area contributed by atoms with Gasteiger partial charge in [-0.1, -0.05) is 18.2 Å². The summed E-state index contributed by atoms with van der Waals surface area (Å²) in [6.07, 6.45) is 2.86. The molecule has 0 bridgehead atoms. The van der Waals surface area contributed by atoms with Crippen molar-refractivity contribution in [3.05, 3.63) is 64.2 Å². The van der Waals surface area contributed by atoms with Crippen molar-refractivity contribution in [1.82, 2.24) is 5.32 Å². The fourth-order valence-electron chi connectivity index (χ4n) is 4.32. The number of anilines is 1. The first-order valence-corrected chi connectivity index (χ1v) is 10.4. The number of nitrogens with one attached hydrogen (secondary N) is 1. The van der Waals surface area contributed by atoms with E-state index in [2.05, 4.69) is 5.32 Å². The van der Waals surface area contributed by atoms with Gasteiger partial charge < -0.3 is 20.1 Å². The Balaban J connectivity index is 1.53. The molecule has 1 aliphatic heterocycles. The Hall–Kier alpha value is -3.00. The third-order valence-electron chi connectivity index (χ3n) is 5.90. The number of amides is 1. The van der Waals surface area contributed by atoms with Crippen LogP contribution in [0.1, 0.15) is 33.5 Å². The van der Waals surface area contributed by atoms with Crippen molar-refractivity contribution in [2.75, 3.05) is 31.2 Å². The van der Waals surface area contributed by atoms with Crippen LogP contribution in [-0.4, -0.2) is 49.3 Å². The monoisotopic (exact) mass is 430 g/mol. The second-order valence-corrected chi connectivity index (χ2v) is 7.86. The van der Waals surface area contributed by atoms with Crippen LogP contribution in [0.5, 0.6) is 0 Å². The summed E-state index contributed by atoms with van der Waals surface area (Å²) >= 11 is 0. The number of carbonyl (C=O) groups is 2. The van der Waals surface area contributed by atoms with Crippen molar-refractivity contribution in [3.63, 3.8) is 0 Å². The third-order valence-corrected chi connectivity index (χ3v) is 5.90. The Kier molecular flexibility index (Phi) is 6.18. The topological polar surface area (TPSA) is 78.9 Å². The molecule has 1 heterocycles. The van der Waals surface area contributed by atoms with Gasteiger partial charge in [0, 0.05) is 25.2 Å². The van der Waals surface area contributed by atoms with Crippen LogP contribution in [0, 0.1) is 11.6 Å². The number of aryl methyl sites for hydroxylation is 1. The van der Waals surface area contributed by atoms with Gasteiger partial charge >= 0.3 is 5.97 Å². The predicted octanol–water partition coefficient (Wildman–Crippen LogP) is 2.72. The highest BCUT2D eigenvalue weighted by Crippen LogP contribution is 2.27. The number of hydrogen-bond donors (Lipinski definition) is 2. The Bertz CT molecular complexity index is 982. The molecular formula is C23H24F2N2O4. The van der Waals surface area contributed by atoms with Gasteiger partial charge in [0.2, 0.25) is 0 Å². The number of carboxylic acids is 1. The normalized spacial score (nSPS) is 16.6. The van der Waals surface area contributed by atoms with Crippen LogP contribution in [0.4, 0.5) is 14.5 Å². The van der Waals surface area contributed by atoms with Gasteiger partial charge in [-0.25, -0.2) is 13.6 Å². The van der Waals surface area contributed by atoms with E-state index in [0.29, 0.717) is 32.0 Å². The lowest BCUT2D eigenvalue weighted by Crippen LogP contribution is -2.43. The number of carbonyl (C=O) groups excluding carboxylic acids is 1. The standard InChI is InChI=1S/C23H24F2N2O4/c24-18-12-16(27-7-9-31-10-8-27)13-19(25)21(18)22(28)26-20(23(29)30)11-15-5-1-3-14-4-2-6-17(14)15/h1,3,5,12-13,20H,2,4,6-11H2,(H,26,28)(H,29,30). The van der Waals surface area contributed by atoms with E-state index in [0.717, 1.165) is 42.5 Å². The number of rotatable bonds is 6. The molecular weight excluding hydrogens is 406 g/mol. The van der Waals surface area contributed by atoms with Gasteiger partial charge in [-0.2, -0.15) is 0 Å². The lowest BCUT2D eigenvalue weighted by atomic mass is 9.97. The molecule has 164 valence electrons. The predicted molar refractivity (Wildman–Crippen MR) is 110 cm³/mol. The zero-order valence-corrected chi connectivity index (χ0v) is 17.0. The summed E-state index contributed by atoms with van der Waals surface area (Å²) in [6.45, 7) is 1.89. The molecule has 1 unspecified atom stereocenters. The van der Waals surface area contributed by atoms with Crippen molar-refractivity contribution >= 4 is 17.6 Å². The first-order valence-electron chi connectivity index (χ1n) is 10.4. The minimum Gasteiger partial charge on any atom is -0.480 e. The zero-order chi connectivity index (χ0) is 22.0. The van der Waals surface area contributed by atoms with E-state index in [9.17, 15) is 23.5 Å². The summed E-state index contributed by atoms with van der Waals surface area (Å²) in [5.41, 5.74) is 2.68. The average molecular weight is 430 g/mol. The van der Waals surface area contributed by atoms with E-state index in [1.165, 1.54) is 5.56 Å². The van der Waals surface area contributed by atoms with Crippen molar-refractivity contribution in [1.29, 1.82) is 0 Å². The maximum atomic E-state index is 14.7. The number of halogens is 2. The van der Waals surface area contributed by atoms with Crippen molar-refractivity contribution in [2.24, 2.45) is 0 Å². The minimum absolute atomic E-state index is 0.0549. The summed E-state index contributed by atoms with van der Waals surface area (Å²) in [7, 11) is 0. The van der Waals surface area contributed by atoms with E-state index < -0.39 is 35.1 Å². The molecule has 2 aromatic carbocycles. The molecule has 2 aliphatic rings. The fourth-order valence-corrected chi connectivity index (χ4v) is 4.32. The Morgan fingerprint density at radius 2 is 1.84 bits per heavy atom. The smallest absolute Gasteiger partial charge is 0.326 e.